The SMILES string of the molecule is O=C(CN1C(=O)NC2c3cc[nH]c3N=CC21)c1cccc(Cl)c1. The molecule has 1 aromatic heterocycles. The molecule has 4 rings (SSSR count). The molecule has 6 nitrogen and oxygen atoms in total. The lowest BCUT2D eigenvalue weighted by molar-refractivity contribution is 0.0946. The molecule has 116 valence electrons. The summed E-state index contributed by atoms with van der Waals surface area (Å²) in [5.74, 6) is 0.589. The van der Waals surface area contributed by atoms with Gasteiger partial charge < -0.3 is 15.2 Å². The highest BCUT2D eigenvalue weighted by Gasteiger charge is 2.43. The number of rotatable bonds is 3. The largest absolute Gasteiger partial charge is 0.346 e. The van der Waals surface area contributed by atoms with E-state index >= 15 is 0 Å². The fraction of sp³-hybridized carbons (Fsp3) is 0.188. The molecule has 1 aromatic carbocycles. The van der Waals surface area contributed by atoms with E-state index in [1.807, 2.05) is 6.07 Å². The molecule has 1 fully saturated rings. The average Bonchev–Trinajstić information content (AvgIpc) is 3.12. The lowest BCUT2D eigenvalue weighted by atomic mass is 10.0. The predicted molar refractivity (Wildman–Crippen MR) is 86.5 cm³/mol. The zero-order chi connectivity index (χ0) is 16.0. The van der Waals surface area contributed by atoms with E-state index in [0.717, 1.165) is 11.4 Å². The first-order valence-electron chi connectivity index (χ1n) is 7.21. The number of H-pyrrole nitrogens is 1. The molecular formula is C16H13ClN4O2. The van der Waals surface area contributed by atoms with E-state index in [1.54, 1.807) is 36.7 Å². The van der Waals surface area contributed by atoms with Crippen molar-refractivity contribution >= 4 is 35.4 Å². The highest BCUT2D eigenvalue weighted by molar-refractivity contribution is 6.31. The first-order chi connectivity index (χ1) is 11.1. The molecule has 2 unspecified atom stereocenters. The second kappa shape index (κ2) is 5.24. The first kappa shape index (κ1) is 14.0. The summed E-state index contributed by atoms with van der Waals surface area (Å²) in [6.45, 7) is -0.0148. The highest BCUT2D eigenvalue weighted by atomic mass is 35.5. The molecule has 0 radical (unpaired) electrons. The Labute approximate surface area is 137 Å². The van der Waals surface area contributed by atoms with Crippen LogP contribution in [0, 0.1) is 0 Å². The van der Waals surface area contributed by atoms with E-state index in [1.165, 1.54) is 4.90 Å². The van der Waals surface area contributed by atoms with Crippen molar-refractivity contribution in [2.45, 2.75) is 12.1 Å². The van der Waals surface area contributed by atoms with Crippen molar-refractivity contribution in [1.82, 2.24) is 15.2 Å². The molecule has 1 saturated heterocycles. The summed E-state index contributed by atoms with van der Waals surface area (Å²) in [7, 11) is 0. The minimum atomic E-state index is -0.270. The van der Waals surface area contributed by atoms with E-state index < -0.39 is 0 Å². The van der Waals surface area contributed by atoms with Crippen molar-refractivity contribution in [1.29, 1.82) is 0 Å². The number of hydrogen-bond acceptors (Lipinski definition) is 3. The van der Waals surface area contributed by atoms with E-state index in [2.05, 4.69) is 15.3 Å². The van der Waals surface area contributed by atoms with Gasteiger partial charge in [0.15, 0.2) is 5.78 Å². The van der Waals surface area contributed by atoms with E-state index in [9.17, 15) is 9.59 Å². The van der Waals surface area contributed by atoms with Gasteiger partial charge in [0.2, 0.25) is 0 Å². The number of carbonyl (C=O) groups is 2. The van der Waals surface area contributed by atoms with Crippen LogP contribution in [0.15, 0.2) is 41.5 Å². The minimum absolute atomic E-state index is 0.0148. The summed E-state index contributed by atoms with van der Waals surface area (Å²) in [6, 6.07) is 7.90. The lowest BCUT2D eigenvalue weighted by Gasteiger charge is -2.24. The van der Waals surface area contributed by atoms with Gasteiger partial charge in [-0.1, -0.05) is 23.7 Å². The molecule has 2 aliphatic heterocycles. The Bertz CT molecular complexity index is 829. The fourth-order valence-corrected chi connectivity index (χ4v) is 3.21. The van der Waals surface area contributed by atoms with E-state index in [-0.39, 0.29) is 30.4 Å². The first-order valence-corrected chi connectivity index (χ1v) is 7.58. The second-order valence-corrected chi connectivity index (χ2v) is 5.98. The van der Waals surface area contributed by atoms with Gasteiger partial charge in [-0.3, -0.25) is 4.79 Å². The van der Waals surface area contributed by atoms with E-state index in [0.29, 0.717) is 10.6 Å². The van der Waals surface area contributed by atoms with Crippen LogP contribution in [0.1, 0.15) is 22.0 Å². The number of aromatic nitrogens is 1. The number of fused-ring (bicyclic) bond motifs is 3. The van der Waals surface area contributed by atoms with Gasteiger partial charge in [-0.05, 0) is 18.2 Å². The number of nitrogens with zero attached hydrogens (tertiary/aromatic N) is 2. The van der Waals surface area contributed by atoms with Gasteiger partial charge in [0, 0.05) is 28.6 Å². The Hall–Kier alpha value is -2.60. The van der Waals surface area contributed by atoms with Crippen LogP contribution in [-0.4, -0.2) is 40.5 Å². The third-order valence-electron chi connectivity index (χ3n) is 4.15. The molecule has 0 bridgehead atoms. The van der Waals surface area contributed by atoms with Gasteiger partial charge in [0.05, 0.1) is 18.6 Å². The molecule has 0 spiro atoms. The third kappa shape index (κ3) is 2.31. The van der Waals surface area contributed by atoms with Crippen molar-refractivity contribution in [2.75, 3.05) is 6.54 Å². The second-order valence-electron chi connectivity index (χ2n) is 5.54. The van der Waals surface area contributed by atoms with E-state index in [4.69, 9.17) is 11.6 Å². The number of aromatic amines is 1. The Morgan fingerprint density at radius 2 is 2.22 bits per heavy atom. The van der Waals surface area contributed by atoms with Crippen molar-refractivity contribution < 1.29 is 9.59 Å². The molecule has 2 atom stereocenters. The number of amides is 2. The molecule has 0 saturated carbocycles. The van der Waals surface area contributed by atoms with Crippen LogP contribution in [0.25, 0.3) is 0 Å². The number of Topliss-reactive ketones (excluding diaryl/α,β-unsaturated/α-hetero) is 1. The molecule has 2 aromatic rings. The minimum Gasteiger partial charge on any atom is -0.346 e. The molecular weight excluding hydrogens is 316 g/mol. The van der Waals surface area contributed by atoms with Crippen LogP contribution in [-0.2, 0) is 0 Å². The summed E-state index contributed by atoms with van der Waals surface area (Å²) >= 11 is 5.92. The van der Waals surface area contributed by atoms with Crippen LogP contribution < -0.4 is 5.32 Å². The third-order valence-corrected chi connectivity index (χ3v) is 4.38. The van der Waals surface area contributed by atoms with Crippen LogP contribution in [0.4, 0.5) is 10.6 Å². The van der Waals surface area contributed by atoms with Crippen LogP contribution >= 0.6 is 11.6 Å². The summed E-state index contributed by atoms with van der Waals surface area (Å²) in [5, 5.41) is 3.41. The zero-order valence-electron chi connectivity index (χ0n) is 12.0. The summed E-state index contributed by atoms with van der Waals surface area (Å²) in [6.07, 6.45) is 3.49. The Balaban J connectivity index is 1.58. The quantitative estimate of drug-likeness (QED) is 0.850. The molecule has 23 heavy (non-hydrogen) atoms. The normalized spacial score (nSPS) is 21.8. The predicted octanol–water partition coefficient (Wildman–Crippen LogP) is 2.70. The molecule has 3 heterocycles. The van der Waals surface area contributed by atoms with Crippen molar-refractivity contribution in [3.8, 4) is 0 Å². The lowest BCUT2D eigenvalue weighted by Crippen LogP contribution is -2.40. The Morgan fingerprint density at radius 3 is 3.04 bits per heavy atom. The number of carbonyl (C=O) groups excluding carboxylic acids is 2. The average molecular weight is 329 g/mol. The number of nitrogens with one attached hydrogen (secondary N) is 2. The van der Waals surface area contributed by atoms with Gasteiger partial charge >= 0.3 is 6.03 Å². The molecule has 2 aliphatic rings. The van der Waals surface area contributed by atoms with Gasteiger partial charge in [-0.25, -0.2) is 9.79 Å². The number of ketones is 1. The summed E-state index contributed by atoms with van der Waals surface area (Å²) in [4.78, 5) is 33.6. The smallest absolute Gasteiger partial charge is 0.319 e. The van der Waals surface area contributed by atoms with Gasteiger partial charge in [0.1, 0.15) is 5.82 Å². The number of benzene rings is 1. The number of aliphatic imine (C=N–C) groups is 1. The van der Waals surface area contributed by atoms with Crippen molar-refractivity contribution in [2.24, 2.45) is 4.99 Å². The highest BCUT2D eigenvalue weighted by Crippen LogP contribution is 2.35. The monoisotopic (exact) mass is 328 g/mol. The van der Waals surface area contributed by atoms with Crippen molar-refractivity contribution in [3.63, 3.8) is 0 Å². The maximum absolute atomic E-state index is 12.4. The standard InChI is InChI=1S/C16H13ClN4O2/c17-10-3-1-2-9(6-10)13(22)8-21-12-7-19-15-11(4-5-18-15)14(12)20-16(21)23/h1-7,12,14,18H,8H2,(H,20,23). The maximum atomic E-state index is 12.4. The van der Waals surface area contributed by atoms with Gasteiger partial charge in [-0.15, -0.1) is 0 Å². The van der Waals surface area contributed by atoms with Gasteiger partial charge in [-0.2, -0.15) is 0 Å². The van der Waals surface area contributed by atoms with Crippen LogP contribution in [0.3, 0.4) is 0 Å². The molecule has 0 aliphatic carbocycles. The topological polar surface area (TPSA) is 77.6 Å². The molecule has 7 heteroatoms. The Morgan fingerprint density at radius 1 is 1.35 bits per heavy atom. The fourth-order valence-electron chi connectivity index (χ4n) is 3.02. The number of urea groups is 1. The maximum Gasteiger partial charge on any atom is 0.319 e. The van der Waals surface area contributed by atoms with Crippen LogP contribution in [0.2, 0.25) is 5.02 Å². The molecule has 2 N–H and O–H groups in total. The summed E-state index contributed by atoms with van der Waals surface area (Å²) < 4.78 is 0. The Kier molecular flexibility index (Phi) is 3.20. The zero-order valence-corrected chi connectivity index (χ0v) is 12.7. The van der Waals surface area contributed by atoms with Crippen LogP contribution in [0.5, 0.6) is 0 Å². The van der Waals surface area contributed by atoms with Gasteiger partial charge in [0.25, 0.3) is 0 Å². The number of hydrogen-bond donors (Lipinski definition) is 2. The number of halogens is 1. The van der Waals surface area contributed by atoms with Crippen molar-refractivity contribution in [3.05, 3.63) is 52.7 Å². The molecule has 2 amide bonds. The summed E-state index contributed by atoms with van der Waals surface area (Å²) in [5.41, 5.74) is 1.42.